The summed E-state index contributed by atoms with van der Waals surface area (Å²) in [6.45, 7) is 0. The van der Waals surface area contributed by atoms with E-state index in [4.69, 9.17) is 10.8 Å². The first-order valence-electron chi connectivity index (χ1n) is 6.03. The first kappa shape index (κ1) is 16.9. The minimum atomic E-state index is -3.41. The van der Waals surface area contributed by atoms with Crippen LogP contribution in [0.5, 0.6) is 0 Å². The van der Waals surface area contributed by atoms with Gasteiger partial charge in [0.2, 0.25) is 15.9 Å². The lowest BCUT2D eigenvalue weighted by Gasteiger charge is -2.12. The fourth-order valence-electron chi connectivity index (χ4n) is 1.52. The molecular formula is C12H17N3O5S. The summed E-state index contributed by atoms with van der Waals surface area (Å²) in [4.78, 5) is 22.2. The highest BCUT2D eigenvalue weighted by Crippen LogP contribution is 2.16. The Morgan fingerprint density at radius 1 is 1.33 bits per heavy atom. The molecule has 1 amide bonds. The molecule has 0 saturated carbocycles. The van der Waals surface area contributed by atoms with Crippen LogP contribution in [-0.4, -0.2) is 37.7 Å². The number of hydrogen-bond donors (Lipinski definition) is 4. The summed E-state index contributed by atoms with van der Waals surface area (Å²) >= 11 is 0. The highest BCUT2D eigenvalue weighted by molar-refractivity contribution is 7.92. The van der Waals surface area contributed by atoms with Gasteiger partial charge in [0.05, 0.1) is 18.0 Å². The Hall–Kier alpha value is -2.13. The fraction of sp³-hybridized carbons (Fsp3) is 0.333. The quantitative estimate of drug-likeness (QED) is 0.566. The third kappa shape index (κ3) is 6.72. The van der Waals surface area contributed by atoms with Gasteiger partial charge in [0.1, 0.15) is 0 Å². The maximum atomic E-state index is 11.8. The molecule has 0 saturated heterocycles. The lowest BCUT2D eigenvalue weighted by atomic mass is 10.1. The summed E-state index contributed by atoms with van der Waals surface area (Å²) in [5, 5.41) is 11.0. The SMILES string of the molecule is CS(=O)(=O)Nc1cccc(NC(=O)C(N)CCC(=O)O)c1. The summed E-state index contributed by atoms with van der Waals surface area (Å²) in [6.07, 6.45) is 0.826. The van der Waals surface area contributed by atoms with E-state index in [2.05, 4.69) is 10.0 Å². The number of anilines is 2. The molecule has 0 radical (unpaired) electrons. The van der Waals surface area contributed by atoms with Crippen LogP contribution >= 0.6 is 0 Å². The van der Waals surface area contributed by atoms with Crippen molar-refractivity contribution in [3.8, 4) is 0 Å². The van der Waals surface area contributed by atoms with Crippen LogP contribution < -0.4 is 15.8 Å². The van der Waals surface area contributed by atoms with Crippen molar-refractivity contribution in [3.05, 3.63) is 24.3 Å². The molecule has 0 spiro atoms. The molecule has 1 rings (SSSR count). The standard InChI is InChI=1S/C12H17N3O5S/c1-21(19,20)15-9-4-2-3-8(7-9)14-12(18)10(13)5-6-11(16)17/h2-4,7,10,15H,5-6,13H2,1H3,(H,14,18)(H,16,17). The number of benzene rings is 1. The van der Waals surface area contributed by atoms with Crippen molar-refractivity contribution in [1.82, 2.24) is 0 Å². The zero-order valence-corrected chi connectivity index (χ0v) is 12.2. The van der Waals surface area contributed by atoms with Crippen LogP contribution in [0.25, 0.3) is 0 Å². The Morgan fingerprint density at radius 2 is 1.95 bits per heavy atom. The van der Waals surface area contributed by atoms with Crippen LogP contribution in [-0.2, 0) is 19.6 Å². The molecule has 0 fully saturated rings. The normalized spacial score (nSPS) is 12.5. The lowest BCUT2D eigenvalue weighted by molar-refractivity contribution is -0.137. The number of hydrogen-bond acceptors (Lipinski definition) is 5. The third-order valence-electron chi connectivity index (χ3n) is 2.44. The van der Waals surface area contributed by atoms with Crippen molar-refractivity contribution in [2.45, 2.75) is 18.9 Å². The van der Waals surface area contributed by atoms with Gasteiger partial charge < -0.3 is 16.2 Å². The summed E-state index contributed by atoms with van der Waals surface area (Å²) < 4.78 is 24.5. The number of sulfonamides is 1. The molecule has 8 nitrogen and oxygen atoms in total. The molecule has 0 bridgehead atoms. The number of aliphatic carboxylic acids is 1. The van der Waals surface area contributed by atoms with Crippen molar-refractivity contribution < 1.29 is 23.1 Å². The van der Waals surface area contributed by atoms with E-state index in [-0.39, 0.29) is 12.8 Å². The molecule has 1 atom stereocenters. The van der Waals surface area contributed by atoms with Gasteiger partial charge in [0.15, 0.2) is 0 Å². The van der Waals surface area contributed by atoms with Crippen molar-refractivity contribution in [1.29, 1.82) is 0 Å². The van der Waals surface area contributed by atoms with Crippen LogP contribution in [0.3, 0.4) is 0 Å². The first-order valence-corrected chi connectivity index (χ1v) is 7.92. The Kier molecular flexibility index (Phi) is 5.68. The second-order valence-corrected chi connectivity index (χ2v) is 6.23. The smallest absolute Gasteiger partial charge is 0.303 e. The molecular weight excluding hydrogens is 298 g/mol. The Morgan fingerprint density at radius 3 is 2.52 bits per heavy atom. The van der Waals surface area contributed by atoms with E-state index in [0.717, 1.165) is 6.26 Å². The number of carboxylic acid groups (broad SMARTS) is 1. The van der Waals surface area contributed by atoms with Gasteiger partial charge >= 0.3 is 5.97 Å². The topological polar surface area (TPSA) is 139 Å². The second-order valence-electron chi connectivity index (χ2n) is 4.48. The summed E-state index contributed by atoms with van der Waals surface area (Å²) in [7, 11) is -3.41. The molecule has 116 valence electrons. The fourth-order valence-corrected chi connectivity index (χ4v) is 2.07. The third-order valence-corrected chi connectivity index (χ3v) is 3.05. The van der Waals surface area contributed by atoms with E-state index >= 15 is 0 Å². The molecule has 1 aromatic rings. The predicted molar refractivity (Wildman–Crippen MR) is 78.4 cm³/mol. The van der Waals surface area contributed by atoms with Crippen LogP contribution in [0, 0.1) is 0 Å². The monoisotopic (exact) mass is 315 g/mol. The number of nitrogens with one attached hydrogen (secondary N) is 2. The molecule has 0 aromatic heterocycles. The molecule has 0 heterocycles. The molecule has 21 heavy (non-hydrogen) atoms. The highest BCUT2D eigenvalue weighted by Gasteiger charge is 2.15. The second kappa shape index (κ2) is 7.04. The van der Waals surface area contributed by atoms with Gasteiger partial charge in [-0.25, -0.2) is 8.42 Å². The van der Waals surface area contributed by atoms with E-state index in [1.54, 1.807) is 12.1 Å². The molecule has 0 aliphatic heterocycles. The minimum Gasteiger partial charge on any atom is -0.481 e. The number of carboxylic acids is 1. The van der Waals surface area contributed by atoms with E-state index in [1.165, 1.54) is 12.1 Å². The lowest BCUT2D eigenvalue weighted by Crippen LogP contribution is -2.36. The average Bonchev–Trinajstić information content (AvgIpc) is 2.34. The van der Waals surface area contributed by atoms with Gasteiger partial charge in [-0.15, -0.1) is 0 Å². The maximum Gasteiger partial charge on any atom is 0.303 e. The predicted octanol–water partition coefficient (Wildman–Crippen LogP) is 0.189. The Balaban J connectivity index is 2.68. The number of nitrogens with two attached hydrogens (primary N) is 1. The van der Waals surface area contributed by atoms with Gasteiger partial charge in [0, 0.05) is 12.1 Å². The largest absolute Gasteiger partial charge is 0.481 e. The number of amides is 1. The van der Waals surface area contributed by atoms with Crippen molar-refractivity contribution in [2.24, 2.45) is 5.73 Å². The zero-order chi connectivity index (χ0) is 16.0. The number of carbonyl (C=O) groups excluding carboxylic acids is 1. The van der Waals surface area contributed by atoms with Gasteiger partial charge in [-0.1, -0.05) is 6.07 Å². The van der Waals surface area contributed by atoms with Crippen molar-refractivity contribution in [3.63, 3.8) is 0 Å². The Bertz CT molecular complexity index is 630. The van der Waals surface area contributed by atoms with Crippen LogP contribution in [0.2, 0.25) is 0 Å². The zero-order valence-electron chi connectivity index (χ0n) is 11.4. The van der Waals surface area contributed by atoms with Crippen LogP contribution in [0.1, 0.15) is 12.8 Å². The first-order chi connectivity index (χ1) is 9.67. The molecule has 5 N–H and O–H groups in total. The van der Waals surface area contributed by atoms with Crippen molar-refractivity contribution >= 4 is 33.3 Å². The van der Waals surface area contributed by atoms with Crippen molar-refractivity contribution in [2.75, 3.05) is 16.3 Å². The van der Waals surface area contributed by atoms with E-state index in [1.807, 2.05) is 0 Å². The molecule has 9 heteroatoms. The summed E-state index contributed by atoms with van der Waals surface area (Å²) in [5.41, 5.74) is 6.23. The molecule has 1 unspecified atom stereocenters. The van der Waals surface area contributed by atoms with E-state index in [9.17, 15) is 18.0 Å². The summed E-state index contributed by atoms with van der Waals surface area (Å²) in [6, 6.07) is 5.14. The molecule has 0 aliphatic rings. The van der Waals surface area contributed by atoms with Crippen LogP contribution in [0.4, 0.5) is 11.4 Å². The minimum absolute atomic E-state index is 0.0163. The van der Waals surface area contributed by atoms with Gasteiger partial charge in [0.25, 0.3) is 0 Å². The van der Waals surface area contributed by atoms with Crippen LogP contribution in [0.15, 0.2) is 24.3 Å². The Labute approximate surface area is 122 Å². The average molecular weight is 315 g/mol. The van der Waals surface area contributed by atoms with E-state index < -0.39 is 27.9 Å². The van der Waals surface area contributed by atoms with Gasteiger partial charge in [-0.2, -0.15) is 0 Å². The molecule has 0 aliphatic carbocycles. The van der Waals surface area contributed by atoms with Gasteiger partial charge in [-0.3, -0.25) is 14.3 Å². The number of carbonyl (C=O) groups is 2. The highest BCUT2D eigenvalue weighted by atomic mass is 32.2. The summed E-state index contributed by atoms with van der Waals surface area (Å²) in [5.74, 6) is -1.56. The van der Waals surface area contributed by atoms with E-state index in [0.29, 0.717) is 11.4 Å². The number of rotatable bonds is 7. The maximum absolute atomic E-state index is 11.8. The van der Waals surface area contributed by atoms with Gasteiger partial charge in [-0.05, 0) is 24.6 Å². The molecule has 1 aromatic carbocycles.